The number of hydrogen-bond acceptors (Lipinski definition) is 2. The van der Waals surface area contributed by atoms with Crippen LogP contribution in [0.4, 0.5) is 0 Å². The van der Waals surface area contributed by atoms with Crippen molar-refractivity contribution in [1.29, 1.82) is 0 Å². The van der Waals surface area contributed by atoms with Crippen LogP contribution >= 0.6 is 0 Å². The van der Waals surface area contributed by atoms with Crippen molar-refractivity contribution in [2.75, 3.05) is 14.2 Å². The minimum atomic E-state index is -0.185. The molecule has 0 aliphatic rings. The van der Waals surface area contributed by atoms with Crippen LogP contribution < -0.4 is 0 Å². The normalized spacial score (nSPS) is 10.2. The van der Waals surface area contributed by atoms with Crippen LogP contribution in [0, 0.1) is 5.92 Å². The largest absolute Gasteiger partial charge is 0.489 e. The fraction of sp³-hybridized carbons (Fsp3) is 0.778. The Kier molecular flexibility index (Phi) is 5.26. The molecule has 0 radical (unpaired) electrons. The maximum atomic E-state index is 5.20. The van der Waals surface area contributed by atoms with Crippen molar-refractivity contribution in [3.05, 3.63) is 11.0 Å². The molecule has 0 atom stereocenters. The minimum absolute atomic E-state index is 0.185. The smallest absolute Gasteiger partial charge is 0.410 e. The summed E-state index contributed by atoms with van der Waals surface area (Å²) in [6.07, 6.45) is 0. The van der Waals surface area contributed by atoms with E-state index in [4.69, 9.17) is 9.31 Å². The molecule has 2 nitrogen and oxygen atoms in total. The maximum absolute atomic E-state index is 5.20. The highest BCUT2D eigenvalue weighted by molar-refractivity contribution is 6.53. The number of allylic oxidation sites excluding steroid dienone is 2. The predicted molar refractivity (Wildman–Crippen MR) is 53.0 cm³/mol. The lowest BCUT2D eigenvalue weighted by molar-refractivity contribution is 0.283. The Morgan fingerprint density at radius 2 is 1.50 bits per heavy atom. The van der Waals surface area contributed by atoms with Crippen molar-refractivity contribution in [1.82, 2.24) is 0 Å². The Balaban J connectivity index is 4.62. The van der Waals surface area contributed by atoms with E-state index in [2.05, 4.69) is 27.7 Å². The molecule has 3 heteroatoms. The lowest BCUT2D eigenvalue weighted by Gasteiger charge is -2.18. The first-order valence-electron chi connectivity index (χ1n) is 4.27. The van der Waals surface area contributed by atoms with Crippen molar-refractivity contribution in [2.45, 2.75) is 27.7 Å². The van der Waals surface area contributed by atoms with E-state index < -0.39 is 0 Å². The first-order valence-corrected chi connectivity index (χ1v) is 4.27. The quantitative estimate of drug-likeness (QED) is 0.602. The second-order valence-electron chi connectivity index (χ2n) is 3.41. The molecular formula is C9H19BO2. The summed E-state index contributed by atoms with van der Waals surface area (Å²) >= 11 is 0. The van der Waals surface area contributed by atoms with Crippen molar-refractivity contribution < 1.29 is 9.31 Å². The average Bonchev–Trinajstić information content (AvgIpc) is 1.98. The predicted octanol–water partition coefficient (Wildman–Crippen LogP) is 2.30. The van der Waals surface area contributed by atoms with Gasteiger partial charge in [-0.15, -0.1) is 0 Å². The molecule has 12 heavy (non-hydrogen) atoms. The Hall–Kier alpha value is -0.275. The number of hydrogen-bond donors (Lipinski definition) is 0. The first-order chi connectivity index (χ1) is 5.54. The van der Waals surface area contributed by atoms with Gasteiger partial charge in [-0.25, -0.2) is 0 Å². The van der Waals surface area contributed by atoms with Gasteiger partial charge in [-0.3, -0.25) is 0 Å². The zero-order valence-corrected chi connectivity index (χ0v) is 8.97. The Morgan fingerprint density at radius 1 is 1.08 bits per heavy atom. The molecule has 0 amide bonds. The molecule has 0 rings (SSSR count). The summed E-state index contributed by atoms with van der Waals surface area (Å²) in [5.74, 6) is 0.472. The summed E-state index contributed by atoms with van der Waals surface area (Å²) < 4.78 is 10.4. The van der Waals surface area contributed by atoms with Crippen molar-refractivity contribution in [3.8, 4) is 0 Å². The van der Waals surface area contributed by atoms with Gasteiger partial charge in [0, 0.05) is 14.2 Å². The van der Waals surface area contributed by atoms with Gasteiger partial charge in [0.25, 0.3) is 0 Å². The third-order valence-electron chi connectivity index (χ3n) is 1.88. The molecule has 0 N–H and O–H groups in total. The van der Waals surface area contributed by atoms with Gasteiger partial charge in [0.1, 0.15) is 0 Å². The molecule has 0 aliphatic carbocycles. The summed E-state index contributed by atoms with van der Waals surface area (Å²) in [6.45, 7) is 8.46. The zero-order chi connectivity index (χ0) is 9.72. The Bertz CT molecular complexity index is 156. The van der Waals surface area contributed by atoms with Gasteiger partial charge in [-0.1, -0.05) is 19.4 Å². The fourth-order valence-electron chi connectivity index (χ4n) is 1.44. The van der Waals surface area contributed by atoms with Crippen LogP contribution in [0.3, 0.4) is 0 Å². The molecule has 70 valence electrons. The number of rotatable bonds is 4. The van der Waals surface area contributed by atoms with E-state index in [1.165, 1.54) is 11.0 Å². The highest BCUT2D eigenvalue weighted by Gasteiger charge is 2.24. The lowest BCUT2D eigenvalue weighted by atomic mass is 9.69. The van der Waals surface area contributed by atoms with Crippen LogP contribution in [0.15, 0.2) is 11.0 Å². The SMILES string of the molecule is COB(OC)C(=C(C)C)C(C)C. The summed E-state index contributed by atoms with van der Waals surface area (Å²) in [6, 6.07) is 0. The molecule has 0 bridgehead atoms. The van der Waals surface area contributed by atoms with Gasteiger partial charge in [0.05, 0.1) is 0 Å². The molecule has 0 aromatic carbocycles. The lowest BCUT2D eigenvalue weighted by Crippen LogP contribution is -2.26. The van der Waals surface area contributed by atoms with E-state index in [1.807, 2.05) is 0 Å². The topological polar surface area (TPSA) is 18.5 Å². The van der Waals surface area contributed by atoms with Crippen molar-refractivity contribution in [3.63, 3.8) is 0 Å². The monoisotopic (exact) mass is 170 g/mol. The van der Waals surface area contributed by atoms with Crippen LogP contribution in [-0.4, -0.2) is 21.3 Å². The van der Waals surface area contributed by atoms with Gasteiger partial charge in [0.2, 0.25) is 0 Å². The first kappa shape index (κ1) is 11.7. The average molecular weight is 170 g/mol. The van der Waals surface area contributed by atoms with Crippen molar-refractivity contribution >= 4 is 7.12 Å². The molecule has 0 spiro atoms. The summed E-state index contributed by atoms with van der Waals surface area (Å²) in [4.78, 5) is 0. The van der Waals surface area contributed by atoms with Crippen LogP contribution in [0.5, 0.6) is 0 Å². The summed E-state index contributed by atoms with van der Waals surface area (Å²) in [5, 5.41) is 0. The maximum Gasteiger partial charge on any atom is 0.489 e. The fourth-order valence-corrected chi connectivity index (χ4v) is 1.44. The molecular weight excluding hydrogens is 151 g/mol. The summed E-state index contributed by atoms with van der Waals surface area (Å²) in [7, 11) is 3.15. The second kappa shape index (κ2) is 5.38. The minimum Gasteiger partial charge on any atom is -0.410 e. The molecule has 0 aromatic rings. The highest BCUT2D eigenvalue weighted by atomic mass is 16.6. The molecule has 0 saturated carbocycles. The molecule has 0 aromatic heterocycles. The zero-order valence-electron chi connectivity index (χ0n) is 8.97. The van der Waals surface area contributed by atoms with E-state index in [0.29, 0.717) is 5.92 Å². The van der Waals surface area contributed by atoms with Gasteiger partial charge in [0.15, 0.2) is 0 Å². The summed E-state index contributed by atoms with van der Waals surface area (Å²) in [5.41, 5.74) is 2.51. The van der Waals surface area contributed by atoms with Gasteiger partial charge < -0.3 is 9.31 Å². The standard InChI is InChI=1S/C9H19BO2/c1-7(2)9(8(3)4)10(11-5)12-6/h7H,1-6H3. The van der Waals surface area contributed by atoms with E-state index in [-0.39, 0.29) is 7.12 Å². The second-order valence-corrected chi connectivity index (χ2v) is 3.41. The van der Waals surface area contributed by atoms with Gasteiger partial charge in [-0.2, -0.15) is 0 Å². The third-order valence-corrected chi connectivity index (χ3v) is 1.88. The Labute approximate surface area is 76.1 Å². The molecule has 0 heterocycles. The van der Waals surface area contributed by atoms with E-state index >= 15 is 0 Å². The van der Waals surface area contributed by atoms with Gasteiger partial charge in [-0.05, 0) is 25.2 Å². The van der Waals surface area contributed by atoms with E-state index in [1.54, 1.807) is 14.2 Å². The molecule has 0 unspecified atom stereocenters. The molecule has 0 aliphatic heterocycles. The molecule has 0 fully saturated rings. The molecule has 0 saturated heterocycles. The highest BCUT2D eigenvalue weighted by Crippen LogP contribution is 2.18. The van der Waals surface area contributed by atoms with Crippen LogP contribution in [0.2, 0.25) is 0 Å². The third kappa shape index (κ3) is 2.99. The van der Waals surface area contributed by atoms with E-state index in [0.717, 1.165) is 0 Å². The van der Waals surface area contributed by atoms with Crippen LogP contribution in [0.25, 0.3) is 0 Å². The van der Waals surface area contributed by atoms with Crippen LogP contribution in [0.1, 0.15) is 27.7 Å². The van der Waals surface area contributed by atoms with Crippen molar-refractivity contribution in [2.24, 2.45) is 5.92 Å². The van der Waals surface area contributed by atoms with E-state index in [9.17, 15) is 0 Å². The Morgan fingerprint density at radius 3 is 1.58 bits per heavy atom. The van der Waals surface area contributed by atoms with Crippen LogP contribution in [-0.2, 0) is 9.31 Å². The van der Waals surface area contributed by atoms with Gasteiger partial charge >= 0.3 is 7.12 Å².